The van der Waals surface area contributed by atoms with Gasteiger partial charge in [-0.3, -0.25) is 9.59 Å². The maximum Gasteiger partial charge on any atom is 0.251 e. The Morgan fingerprint density at radius 2 is 2.19 bits per heavy atom. The number of rotatable bonds is 2. The highest BCUT2D eigenvalue weighted by atomic mass is 16.2. The minimum atomic E-state index is -0.158. The number of hydrogen-bond donors (Lipinski definition) is 1. The van der Waals surface area contributed by atoms with Crippen molar-refractivity contribution >= 4 is 5.91 Å². The van der Waals surface area contributed by atoms with Crippen LogP contribution in [0.1, 0.15) is 30.1 Å². The van der Waals surface area contributed by atoms with Gasteiger partial charge >= 0.3 is 0 Å². The zero-order valence-electron chi connectivity index (χ0n) is 9.56. The Kier molecular flexibility index (Phi) is 2.81. The van der Waals surface area contributed by atoms with Crippen molar-refractivity contribution in [3.05, 3.63) is 34.2 Å². The van der Waals surface area contributed by atoms with E-state index in [4.69, 9.17) is 0 Å². The number of carbonyl (C=O) groups is 1. The quantitative estimate of drug-likeness (QED) is 0.805. The number of hydrogen-bond acceptors (Lipinski definition) is 2. The third-order valence-electron chi connectivity index (χ3n) is 3.08. The van der Waals surface area contributed by atoms with Crippen molar-refractivity contribution in [1.29, 1.82) is 0 Å². The van der Waals surface area contributed by atoms with Gasteiger partial charge in [0.25, 0.3) is 11.5 Å². The molecule has 2 rings (SSSR count). The summed E-state index contributed by atoms with van der Waals surface area (Å²) in [7, 11) is 1.66. The summed E-state index contributed by atoms with van der Waals surface area (Å²) in [4.78, 5) is 23.1. The SMILES string of the molecule is CC1CC(NC(=O)c2ccn(C)c(=O)c2)C1. The van der Waals surface area contributed by atoms with Gasteiger partial charge in [0.1, 0.15) is 0 Å². The van der Waals surface area contributed by atoms with Gasteiger partial charge in [0.15, 0.2) is 0 Å². The summed E-state index contributed by atoms with van der Waals surface area (Å²) in [5.41, 5.74) is 0.289. The van der Waals surface area contributed by atoms with Crippen molar-refractivity contribution in [3.8, 4) is 0 Å². The lowest BCUT2D eigenvalue weighted by atomic mass is 9.82. The number of aromatic nitrogens is 1. The second-order valence-electron chi connectivity index (χ2n) is 4.61. The highest BCUT2D eigenvalue weighted by Crippen LogP contribution is 2.26. The van der Waals surface area contributed by atoms with Crippen LogP contribution in [-0.4, -0.2) is 16.5 Å². The van der Waals surface area contributed by atoms with E-state index in [2.05, 4.69) is 12.2 Å². The molecule has 0 aromatic carbocycles. The average molecular weight is 220 g/mol. The van der Waals surface area contributed by atoms with E-state index in [9.17, 15) is 9.59 Å². The number of nitrogens with one attached hydrogen (secondary N) is 1. The van der Waals surface area contributed by atoms with E-state index in [1.165, 1.54) is 10.6 Å². The van der Waals surface area contributed by atoms with Crippen LogP contribution in [0.4, 0.5) is 0 Å². The first kappa shape index (κ1) is 10.9. The van der Waals surface area contributed by atoms with Gasteiger partial charge in [-0.2, -0.15) is 0 Å². The summed E-state index contributed by atoms with van der Waals surface area (Å²) in [6.07, 6.45) is 3.69. The minimum Gasteiger partial charge on any atom is -0.349 e. The lowest BCUT2D eigenvalue weighted by Crippen LogP contribution is -2.43. The van der Waals surface area contributed by atoms with Crippen molar-refractivity contribution in [2.75, 3.05) is 0 Å². The number of pyridine rings is 1. The molecule has 0 bridgehead atoms. The lowest BCUT2D eigenvalue weighted by molar-refractivity contribution is 0.0896. The molecule has 1 aliphatic carbocycles. The fourth-order valence-corrected chi connectivity index (χ4v) is 1.98. The molecule has 1 aliphatic rings. The standard InChI is InChI=1S/C12H16N2O2/c1-8-5-10(6-8)13-12(16)9-3-4-14(2)11(15)7-9/h3-4,7-8,10H,5-6H2,1-2H3,(H,13,16). The maximum absolute atomic E-state index is 11.8. The first-order chi connectivity index (χ1) is 7.56. The smallest absolute Gasteiger partial charge is 0.251 e. The molecule has 86 valence electrons. The van der Waals surface area contributed by atoms with E-state index in [0.29, 0.717) is 11.5 Å². The van der Waals surface area contributed by atoms with E-state index in [-0.39, 0.29) is 17.5 Å². The van der Waals surface area contributed by atoms with Gasteiger partial charge in [0.2, 0.25) is 0 Å². The first-order valence-corrected chi connectivity index (χ1v) is 5.54. The van der Waals surface area contributed by atoms with Crippen LogP contribution in [0.3, 0.4) is 0 Å². The third kappa shape index (κ3) is 2.15. The van der Waals surface area contributed by atoms with Crippen LogP contribution in [-0.2, 0) is 7.05 Å². The van der Waals surface area contributed by atoms with E-state index < -0.39 is 0 Å². The Balaban J connectivity index is 2.03. The van der Waals surface area contributed by atoms with Gasteiger partial charge in [0, 0.05) is 30.9 Å². The molecule has 0 saturated heterocycles. The van der Waals surface area contributed by atoms with Gasteiger partial charge < -0.3 is 9.88 Å². The molecular formula is C12H16N2O2. The molecule has 0 atom stereocenters. The highest BCUT2D eigenvalue weighted by Gasteiger charge is 2.26. The summed E-state index contributed by atoms with van der Waals surface area (Å²) >= 11 is 0. The molecule has 4 nitrogen and oxygen atoms in total. The third-order valence-corrected chi connectivity index (χ3v) is 3.08. The molecule has 1 aromatic rings. The Morgan fingerprint density at radius 3 is 2.75 bits per heavy atom. The van der Waals surface area contributed by atoms with Crippen LogP contribution in [0.25, 0.3) is 0 Å². The van der Waals surface area contributed by atoms with Crippen molar-refractivity contribution in [1.82, 2.24) is 9.88 Å². The molecule has 1 amide bonds. The number of aryl methyl sites for hydroxylation is 1. The van der Waals surface area contributed by atoms with Crippen LogP contribution >= 0.6 is 0 Å². The molecule has 1 saturated carbocycles. The van der Waals surface area contributed by atoms with Gasteiger partial charge in [0.05, 0.1) is 0 Å². The molecule has 1 N–H and O–H groups in total. The van der Waals surface area contributed by atoms with E-state index >= 15 is 0 Å². The predicted molar refractivity (Wildman–Crippen MR) is 61.3 cm³/mol. The normalized spacial score (nSPS) is 23.6. The Labute approximate surface area is 94.3 Å². The van der Waals surface area contributed by atoms with E-state index in [0.717, 1.165) is 12.8 Å². The molecule has 16 heavy (non-hydrogen) atoms. The molecule has 4 heteroatoms. The van der Waals surface area contributed by atoms with Crippen LogP contribution in [0.15, 0.2) is 23.1 Å². The van der Waals surface area contributed by atoms with Crippen molar-refractivity contribution in [2.24, 2.45) is 13.0 Å². The summed E-state index contributed by atoms with van der Waals surface area (Å²) < 4.78 is 1.45. The predicted octanol–water partition coefficient (Wildman–Crippen LogP) is 0.914. The Bertz CT molecular complexity index is 458. The minimum absolute atomic E-state index is 0.144. The van der Waals surface area contributed by atoms with Gasteiger partial charge in [-0.25, -0.2) is 0 Å². The maximum atomic E-state index is 11.8. The second-order valence-corrected chi connectivity index (χ2v) is 4.61. The molecule has 0 aliphatic heterocycles. The number of amides is 1. The Hall–Kier alpha value is -1.58. The zero-order chi connectivity index (χ0) is 11.7. The van der Waals surface area contributed by atoms with Gasteiger partial charge in [-0.15, -0.1) is 0 Å². The molecule has 0 spiro atoms. The number of carbonyl (C=O) groups excluding carboxylic acids is 1. The summed E-state index contributed by atoms with van der Waals surface area (Å²) in [5, 5.41) is 2.92. The molecule has 1 fully saturated rings. The topological polar surface area (TPSA) is 51.1 Å². The fraction of sp³-hybridized carbons (Fsp3) is 0.500. The fourth-order valence-electron chi connectivity index (χ4n) is 1.98. The Morgan fingerprint density at radius 1 is 1.50 bits per heavy atom. The van der Waals surface area contributed by atoms with Crippen molar-refractivity contribution in [2.45, 2.75) is 25.8 Å². The molecule has 1 heterocycles. The number of nitrogens with zero attached hydrogens (tertiary/aromatic N) is 1. The lowest BCUT2D eigenvalue weighted by Gasteiger charge is -2.33. The first-order valence-electron chi connectivity index (χ1n) is 5.54. The zero-order valence-corrected chi connectivity index (χ0v) is 9.56. The molecule has 0 unspecified atom stereocenters. The van der Waals surface area contributed by atoms with Gasteiger partial charge in [-0.05, 0) is 24.8 Å². The van der Waals surface area contributed by atoms with Crippen molar-refractivity contribution in [3.63, 3.8) is 0 Å². The van der Waals surface area contributed by atoms with Crippen LogP contribution in [0, 0.1) is 5.92 Å². The molecular weight excluding hydrogens is 204 g/mol. The molecule has 1 aromatic heterocycles. The second kappa shape index (κ2) is 4.12. The monoisotopic (exact) mass is 220 g/mol. The van der Waals surface area contributed by atoms with E-state index in [1.807, 2.05) is 0 Å². The van der Waals surface area contributed by atoms with Crippen molar-refractivity contribution < 1.29 is 4.79 Å². The highest BCUT2D eigenvalue weighted by molar-refractivity contribution is 5.94. The average Bonchev–Trinajstić information content (AvgIpc) is 2.19. The summed E-state index contributed by atoms with van der Waals surface area (Å²) in [6.45, 7) is 2.17. The van der Waals surface area contributed by atoms with E-state index in [1.54, 1.807) is 19.3 Å². The summed E-state index contributed by atoms with van der Waals surface area (Å²) in [6, 6.07) is 3.32. The van der Waals surface area contributed by atoms with Crippen LogP contribution in [0.2, 0.25) is 0 Å². The van der Waals surface area contributed by atoms with Crippen LogP contribution in [0.5, 0.6) is 0 Å². The van der Waals surface area contributed by atoms with Crippen LogP contribution < -0.4 is 10.9 Å². The largest absolute Gasteiger partial charge is 0.349 e. The summed E-state index contributed by atoms with van der Waals surface area (Å²) in [5.74, 6) is 0.559. The molecule has 0 radical (unpaired) electrons. The van der Waals surface area contributed by atoms with Gasteiger partial charge in [-0.1, -0.05) is 6.92 Å².